The number of likely N-dealkylation sites (tertiary alicyclic amines) is 1. The van der Waals surface area contributed by atoms with E-state index in [1.165, 1.54) is 18.7 Å². The first-order valence-electron chi connectivity index (χ1n) is 11.3. The van der Waals surface area contributed by atoms with Gasteiger partial charge in [0.2, 0.25) is 0 Å². The molecule has 1 amide bonds. The zero-order valence-corrected chi connectivity index (χ0v) is 19.9. The molecule has 1 aliphatic heterocycles. The van der Waals surface area contributed by atoms with Gasteiger partial charge in [0.1, 0.15) is 5.75 Å². The summed E-state index contributed by atoms with van der Waals surface area (Å²) in [6, 6.07) is 9.30. The number of rotatable bonds is 6. The molecule has 0 saturated carbocycles. The largest absolute Gasteiger partial charge is 0.478 e. The third-order valence-electron chi connectivity index (χ3n) is 6.30. The SMILES string of the molecule is CC(C)(Oc1cccc(C2CCCN(C(=O)c3ccc(C(O)(C(F)(F)F)C(F)(F)F)cc3)C2)c1)C(=O)O. The normalized spacial score (nSPS) is 17.4. The molecule has 0 bridgehead atoms. The molecular weight excluding hydrogens is 508 g/mol. The minimum absolute atomic E-state index is 0.128. The Hall–Kier alpha value is -3.28. The highest BCUT2D eigenvalue weighted by atomic mass is 19.4. The van der Waals surface area contributed by atoms with Gasteiger partial charge in [-0.25, -0.2) is 4.79 Å². The third-order valence-corrected chi connectivity index (χ3v) is 6.30. The van der Waals surface area contributed by atoms with Gasteiger partial charge in [-0.1, -0.05) is 24.3 Å². The van der Waals surface area contributed by atoms with Gasteiger partial charge in [-0.15, -0.1) is 0 Å². The lowest BCUT2D eigenvalue weighted by atomic mass is 9.89. The maximum Gasteiger partial charge on any atom is 0.430 e. The van der Waals surface area contributed by atoms with Gasteiger partial charge in [0, 0.05) is 30.1 Å². The lowest BCUT2D eigenvalue weighted by Gasteiger charge is -2.34. The number of alkyl halides is 6. The maximum atomic E-state index is 13.1. The Balaban J connectivity index is 1.78. The number of piperidine rings is 1. The number of halogens is 6. The van der Waals surface area contributed by atoms with Crippen LogP contribution in [0.1, 0.15) is 54.1 Å². The van der Waals surface area contributed by atoms with Crippen molar-refractivity contribution in [3.63, 3.8) is 0 Å². The number of hydrogen-bond donors (Lipinski definition) is 2. The molecule has 1 heterocycles. The van der Waals surface area contributed by atoms with Gasteiger partial charge in [0.05, 0.1) is 0 Å². The van der Waals surface area contributed by atoms with E-state index >= 15 is 0 Å². The van der Waals surface area contributed by atoms with Gasteiger partial charge in [0.25, 0.3) is 11.5 Å². The average molecular weight is 533 g/mol. The molecule has 37 heavy (non-hydrogen) atoms. The summed E-state index contributed by atoms with van der Waals surface area (Å²) in [5.74, 6) is -1.57. The zero-order valence-electron chi connectivity index (χ0n) is 19.9. The number of carboxylic acid groups (broad SMARTS) is 1. The van der Waals surface area contributed by atoms with Crippen molar-refractivity contribution in [2.75, 3.05) is 13.1 Å². The summed E-state index contributed by atoms with van der Waals surface area (Å²) in [6.07, 6.45) is -10.8. The van der Waals surface area contributed by atoms with Crippen LogP contribution in [0.15, 0.2) is 48.5 Å². The van der Waals surface area contributed by atoms with Gasteiger partial charge >= 0.3 is 18.3 Å². The molecule has 0 aliphatic carbocycles. The Labute approximate surface area is 208 Å². The number of hydrogen-bond acceptors (Lipinski definition) is 4. The summed E-state index contributed by atoms with van der Waals surface area (Å²) in [5, 5.41) is 18.8. The highest BCUT2D eigenvalue weighted by Gasteiger charge is 2.71. The second-order valence-electron chi connectivity index (χ2n) is 9.36. The van der Waals surface area contributed by atoms with Crippen LogP contribution in [-0.4, -0.2) is 58.0 Å². The molecule has 0 spiro atoms. The van der Waals surface area contributed by atoms with Crippen LogP contribution in [-0.2, 0) is 10.4 Å². The topological polar surface area (TPSA) is 87.1 Å². The number of aliphatic hydroxyl groups is 1. The van der Waals surface area contributed by atoms with E-state index in [1.807, 2.05) is 0 Å². The minimum Gasteiger partial charge on any atom is -0.478 e. The predicted molar refractivity (Wildman–Crippen MR) is 119 cm³/mol. The van der Waals surface area contributed by atoms with Crippen LogP contribution in [0.2, 0.25) is 0 Å². The molecule has 1 aliphatic rings. The van der Waals surface area contributed by atoms with Crippen molar-refractivity contribution in [3.8, 4) is 5.75 Å². The van der Waals surface area contributed by atoms with E-state index in [9.17, 15) is 46.1 Å². The molecule has 1 atom stereocenters. The standard InChI is InChI=1S/C25H25F6NO5/c1-22(2,21(34)35)37-19-7-3-5-16(13-19)17-6-4-12-32(14-17)20(33)15-8-10-18(11-9-15)23(36,24(26,27)28)25(29,30)31/h3,5,7-11,13,17,36H,4,6,12,14H2,1-2H3,(H,34,35). The molecule has 2 aromatic carbocycles. The van der Waals surface area contributed by atoms with E-state index in [2.05, 4.69) is 0 Å². The molecule has 202 valence electrons. The number of carbonyl (C=O) groups is 2. The van der Waals surface area contributed by atoms with Crippen molar-refractivity contribution >= 4 is 11.9 Å². The van der Waals surface area contributed by atoms with Crippen LogP contribution in [0, 0.1) is 0 Å². The molecular formula is C25H25F6NO5. The van der Waals surface area contributed by atoms with Crippen molar-refractivity contribution in [1.29, 1.82) is 0 Å². The van der Waals surface area contributed by atoms with E-state index in [4.69, 9.17) is 4.74 Å². The van der Waals surface area contributed by atoms with Gasteiger partial charge in [-0.3, -0.25) is 4.79 Å². The summed E-state index contributed by atoms with van der Waals surface area (Å²) in [4.78, 5) is 25.8. The fourth-order valence-corrected chi connectivity index (χ4v) is 4.13. The molecule has 3 rings (SSSR count). The summed E-state index contributed by atoms with van der Waals surface area (Å²) in [7, 11) is 0. The first-order valence-corrected chi connectivity index (χ1v) is 11.3. The molecule has 1 saturated heterocycles. The van der Waals surface area contributed by atoms with E-state index < -0.39 is 41.0 Å². The number of carboxylic acids is 1. The fraction of sp³-hybridized carbons (Fsp3) is 0.440. The molecule has 6 nitrogen and oxygen atoms in total. The van der Waals surface area contributed by atoms with Crippen LogP contribution in [0.5, 0.6) is 5.75 Å². The van der Waals surface area contributed by atoms with Gasteiger partial charge in [-0.05, 0) is 56.5 Å². The molecule has 0 aromatic heterocycles. The number of ether oxygens (including phenoxy) is 1. The summed E-state index contributed by atoms with van der Waals surface area (Å²) in [6.45, 7) is 3.35. The number of aliphatic carboxylic acids is 1. The summed E-state index contributed by atoms with van der Waals surface area (Å²) >= 11 is 0. The Bertz CT molecular complexity index is 1130. The summed E-state index contributed by atoms with van der Waals surface area (Å²) < 4.78 is 84.3. The quantitative estimate of drug-likeness (QED) is 0.495. The van der Waals surface area contributed by atoms with Crippen molar-refractivity contribution in [1.82, 2.24) is 4.90 Å². The molecule has 12 heteroatoms. The molecule has 1 unspecified atom stereocenters. The fourth-order valence-electron chi connectivity index (χ4n) is 4.13. The molecule has 1 fully saturated rings. The summed E-state index contributed by atoms with van der Waals surface area (Å²) in [5.41, 5.74) is -7.32. The number of benzene rings is 2. The zero-order chi connectivity index (χ0) is 27.8. The highest BCUT2D eigenvalue weighted by molar-refractivity contribution is 5.94. The smallest absolute Gasteiger partial charge is 0.430 e. The Morgan fingerprint density at radius 3 is 2.11 bits per heavy atom. The third kappa shape index (κ3) is 5.68. The predicted octanol–water partition coefficient (Wildman–Crippen LogP) is 5.26. The number of nitrogens with zero attached hydrogens (tertiary/aromatic N) is 1. The van der Waals surface area contributed by atoms with Gasteiger partial charge in [0.15, 0.2) is 5.60 Å². The lowest BCUT2D eigenvalue weighted by molar-refractivity contribution is -0.376. The Morgan fingerprint density at radius 2 is 1.57 bits per heavy atom. The molecule has 2 aromatic rings. The van der Waals surface area contributed by atoms with Crippen molar-refractivity contribution in [3.05, 3.63) is 65.2 Å². The van der Waals surface area contributed by atoms with Crippen molar-refractivity contribution in [2.24, 2.45) is 0 Å². The number of amides is 1. The Morgan fingerprint density at radius 1 is 0.973 bits per heavy atom. The van der Waals surface area contributed by atoms with Crippen LogP contribution >= 0.6 is 0 Å². The highest BCUT2D eigenvalue weighted by Crippen LogP contribution is 2.50. The lowest BCUT2D eigenvalue weighted by Crippen LogP contribution is -2.53. The second-order valence-corrected chi connectivity index (χ2v) is 9.36. The first kappa shape index (κ1) is 28.3. The van der Waals surface area contributed by atoms with Crippen LogP contribution in [0.25, 0.3) is 0 Å². The van der Waals surface area contributed by atoms with E-state index in [0.29, 0.717) is 37.3 Å². The van der Waals surface area contributed by atoms with E-state index in [1.54, 1.807) is 24.3 Å². The van der Waals surface area contributed by atoms with E-state index in [0.717, 1.165) is 17.7 Å². The van der Waals surface area contributed by atoms with Crippen LogP contribution in [0.3, 0.4) is 0 Å². The van der Waals surface area contributed by atoms with Crippen LogP contribution < -0.4 is 4.74 Å². The molecule has 2 N–H and O–H groups in total. The minimum atomic E-state index is -6.02. The second kappa shape index (κ2) is 9.88. The van der Waals surface area contributed by atoms with E-state index in [-0.39, 0.29) is 18.0 Å². The Kier molecular flexibility index (Phi) is 7.56. The van der Waals surface area contributed by atoms with Crippen molar-refractivity contribution < 1.29 is 50.9 Å². The first-order chi connectivity index (χ1) is 17.0. The van der Waals surface area contributed by atoms with Crippen molar-refractivity contribution in [2.45, 2.75) is 56.2 Å². The maximum absolute atomic E-state index is 13.1. The van der Waals surface area contributed by atoms with Gasteiger partial charge in [-0.2, -0.15) is 26.3 Å². The number of carbonyl (C=O) groups excluding carboxylic acids is 1. The monoisotopic (exact) mass is 533 g/mol. The van der Waals surface area contributed by atoms with Gasteiger partial charge < -0.3 is 19.8 Å². The van der Waals surface area contributed by atoms with Crippen LogP contribution in [0.4, 0.5) is 26.3 Å². The average Bonchev–Trinajstić information content (AvgIpc) is 2.81. The molecule has 0 radical (unpaired) electrons.